The maximum atomic E-state index is 11.7. The molecular formula is C10H18N2O5. The molecule has 7 nitrogen and oxygen atoms in total. The van der Waals surface area contributed by atoms with Crippen LogP contribution in [-0.4, -0.2) is 72.5 Å². The molecule has 3 N–H and O–H groups in total. The summed E-state index contributed by atoms with van der Waals surface area (Å²) < 4.78 is 4.80. The fourth-order valence-corrected chi connectivity index (χ4v) is 1.79. The number of amides is 1. The molecule has 0 aromatic rings. The van der Waals surface area contributed by atoms with Crippen LogP contribution in [0.15, 0.2) is 0 Å². The van der Waals surface area contributed by atoms with Gasteiger partial charge in [0.1, 0.15) is 6.04 Å². The van der Waals surface area contributed by atoms with E-state index < -0.39 is 18.1 Å². The molecule has 2 atom stereocenters. The Morgan fingerprint density at radius 1 is 1.53 bits per heavy atom. The van der Waals surface area contributed by atoms with Crippen LogP contribution in [0.5, 0.6) is 0 Å². The number of likely N-dealkylation sites (tertiary alicyclic amines) is 1. The van der Waals surface area contributed by atoms with E-state index >= 15 is 0 Å². The van der Waals surface area contributed by atoms with Crippen molar-refractivity contribution in [3.63, 3.8) is 0 Å². The van der Waals surface area contributed by atoms with Gasteiger partial charge in [0.25, 0.3) is 0 Å². The molecule has 17 heavy (non-hydrogen) atoms. The first kappa shape index (κ1) is 13.9. The summed E-state index contributed by atoms with van der Waals surface area (Å²) in [5.74, 6) is -1.39. The molecule has 0 radical (unpaired) electrons. The van der Waals surface area contributed by atoms with Crippen LogP contribution in [0.3, 0.4) is 0 Å². The van der Waals surface area contributed by atoms with Crippen LogP contribution < -0.4 is 5.32 Å². The largest absolute Gasteiger partial charge is 0.480 e. The molecule has 0 saturated carbocycles. The van der Waals surface area contributed by atoms with Crippen LogP contribution in [0.4, 0.5) is 0 Å². The number of β-amino-alcohol motifs (C(OH)–C–C–N with tert-alkyl or cyclic N) is 1. The van der Waals surface area contributed by atoms with Crippen LogP contribution in [0.2, 0.25) is 0 Å². The van der Waals surface area contributed by atoms with Crippen molar-refractivity contribution in [1.29, 1.82) is 0 Å². The quantitative estimate of drug-likeness (QED) is 0.482. The highest BCUT2D eigenvalue weighted by atomic mass is 16.5. The minimum Gasteiger partial charge on any atom is -0.480 e. The van der Waals surface area contributed by atoms with Gasteiger partial charge in [-0.15, -0.1) is 0 Å². The zero-order valence-corrected chi connectivity index (χ0v) is 9.76. The van der Waals surface area contributed by atoms with Crippen molar-refractivity contribution in [2.75, 3.05) is 33.4 Å². The number of ether oxygens (including phenoxy) is 1. The third-order valence-corrected chi connectivity index (χ3v) is 2.64. The van der Waals surface area contributed by atoms with Gasteiger partial charge < -0.3 is 25.2 Å². The highest BCUT2D eigenvalue weighted by Gasteiger charge is 2.38. The van der Waals surface area contributed by atoms with E-state index in [-0.39, 0.29) is 25.4 Å². The van der Waals surface area contributed by atoms with Crippen molar-refractivity contribution >= 4 is 11.9 Å². The number of hydrogen-bond acceptors (Lipinski definition) is 5. The third-order valence-electron chi connectivity index (χ3n) is 2.64. The van der Waals surface area contributed by atoms with Gasteiger partial charge in [0, 0.05) is 26.6 Å². The molecule has 98 valence electrons. The van der Waals surface area contributed by atoms with Gasteiger partial charge in [-0.1, -0.05) is 0 Å². The number of rotatable bonds is 6. The number of carboxylic acids is 1. The van der Waals surface area contributed by atoms with E-state index in [4.69, 9.17) is 9.84 Å². The molecule has 1 unspecified atom stereocenters. The third kappa shape index (κ3) is 3.95. The lowest BCUT2D eigenvalue weighted by molar-refractivity contribution is -0.147. The number of aliphatic hydroxyl groups excluding tert-OH is 1. The molecule has 1 saturated heterocycles. The molecule has 1 amide bonds. The Kier molecular flexibility index (Phi) is 5.33. The number of carboxylic acid groups (broad SMARTS) is 1. The zero-order chi connectivity index (χ0) is 12.8. The van der Waals surface area contributed by atoms with Gasteiger partial charge in [-0.3, -0.25) is 4.79 Å². The van der Waals surface area contributed by atoms with Gasteiger partial charge in [0.15, 0.2) is 0 Å². The van der Waals surface area contributed by atoms with E-state index in [0.29, 0.717) is 13.2 Å². The van der Waals surface area contributed by atoms with Gasteiger partial charge in [-0.05, 0) is 0 Å². The summed E-state index contributed by atoms with van der Waals surface area (Å²) in [4.78, 5) is 23.8. The Bertz CT molecular complexity index is 284. The lowest BCUT2D eigenvalue weighted by Gasteiger charge is -2.21. The summed E-state index contributed by atoms with van der Waals surface area (Å²) in [6.07, 6.45) is -0.655. The number of nitrogens with one attached hydrogen (secondary N) is 1. The number of aliphatic carboxylic acids is 1. The summed E-state index contributed by atoms with van der Waals surface area (Å²) in [5.41, 5.74) is 0. The molecule has 0 aromatic carbocycles. The highest BCUT2D eigenvalue weighted by Crippen LogP contribution is 2.17. The predicted molar refractivity (Wildman–Crippen MR) is 58.5 cm³/mol. The molecule has 1 fully saturated rings. The topological polar surface area (TPSA) is 99.1 Å². The molecule has 0 aromatic heterocycles. The van der Waals surface area contributed by atoms with E-state index in [1.165, 1.54) is 4.90 Å². The number of nitrogens with zero attached hydrogens (tertiary/aromatic N) is 1. The van der Waals surface area contributed by atoms with Crippen LogP contribution >= 0.6 is 0 Å². The molecule has 1 heterocycles. The van der Waals surface area contributed by atoms with Gasteiger partial charge >= 0.3 is 5.97 Å². The Balaban J connectivity index is 2.41. The van der Waals surface area contributed by atoms with Gasteiger partial charge in [-0.25, -0.2) is 4.79 Å². The number of carbonyl (C=O) groups excluding carboxylic acids is 1. The van der Waals surface area contributed by atoms with Crippen molar-refractivity contribution in [1.82, 2.24) is 10.2 Å². The van der Waals surface area contributed by atoms with Crippen LogP contribution in [0.25, 0.3) is 0 Å². The van der Waals surface area contributed by atoms with Gasteiger partial charge in [0.2, 0.25) is 5.91 Å². The highest BCUT2D eigenvalue weighted by molar-refractivity contribution is 5.85. The lowest BCUT2D eigenvalue weighted by atomic mass is 10.2. The first-order valence-corrected chi connectivity index (χ1v) is 5.46. The van der Waals surface area contributed by atoms with E-state index in [9.17, 15) is 14.7 Å². The van der Waals surface area contributed by atoms with Crippen molar-refractivity contribution in [2.24, 2.45) is 0 Å². The van der Waals surface area contributed by atoms with E-state index in [2.05, 4.69) is 5.32 Å². The van der Waals surface area contributed by atoms with Crippen LogP contribution in [-0.2, 0) is 14.3 Å². The number of aliphatic hydroxyl groups is 1. The summed E-state index contributed by atoms with van der Waals surface area (Å²) in [7, 11) is 1.56. The molecule has 1 aliphatic heterocycles. The summed E-state index contributed by atoms with van der Waals surface area (Å²) in [5, 5.41) is 21.1. The van der Waals surface area contributed by atoms with Crippen LogP contribution in [0, 0.1) is 0 Å². The second kappa shape index (κ2) is 6.53. The van der Waals surface area contributed by atoms with Gasteiger partial charge in [-0.2, -0.15) is 0 Å². The number of carbonyl (C=O) groups is 2. The monoisotopic (exact) mass is 246 g/mol. The van der Waals surface area contributed by atoms with E-state index in [1.807, 2.05) is 0 Å². The molecule has 1 rings (SSSR count). The van der Waals surface area contributed by atoms with E-state index in [1.54, 1.807) is 7.11 Å². The molecule has 0 aliphatic carbocycles. The first-order chi connectivity index (χ1) is 8.06. The number of hydrogen-bond donors (Lipinski definition) is 3. The standard InChI is InChI=1S/C10H18N2O5/c1-17-3-2-11-5-9(14)12-6-7(13)4-8(12)10(15)16/h7-8,11,13H,2-6H2,1H3,(H,15,16)/t7?,8-/m0/s1. The number of methoxy groups -OCH3 is 1. The maximum absolute atomic E-state index is 11.7. The Morgan fingerprint density at radius 2 is 2.24 bits per heavy atom. The normalized spacial score (nSPS) is 24.0. The minimum absolute atomic E-state index is 0.0554. The molecular weight excluding hydrogens is 228 g/mol. The molecule has 0 spiro atoms. The maximum Gasteiger partial charge on any atom is 0.326 e. The molecule has 7 heteroatoms. The van der Waals surface area contributed by atoms with Crippen molar-refractivity contribution in [3.05, 3.63) is 0 Å². The summed E-state index contributed by atoms with van der Waals surface area (Å²) in [6, 6.07) is -0.915. The first-order valence-electron chi connectivity index (χ1n) is 5.46. The minimum atomic E-state index is -1.08. The fraction of sp³-hybridized carbons (Fsp3) is 0.800. The van der Waals surface area contributed by atoms with Crippen molar-refractivity contribution in [3.8, 4) is 0 Å². The SMILES string of the molecule is COCCNCC(=O)N1CC(O)C[C@H]1C(=O)O. The average Bonchev–Trinajstić information content (AvgIpc) is 2.66. The second-order valence-electron chi connectivity index (χ2n) is 3.96. The Labute approximate surface area is 99.4 Å². The van der Waals surface area contributed by atoms with Crippen LogP contribution in [0.1, 0.15) is 6.42 Å². The average molecular weight is 246 g/mol. The summed E-state index contributed by atoms with van der Waals surface area (Å²) >= 11 is 0. The second-order valence-corrected chi connectivity index (χ2v) is 3.96. The predicted octanol–water partition coefficient (Wildman–Crippen LogP) is -1.73. The summed E-state index contributed by atoms with van der Waals surface area (Å²) in [6.45, 7) is 1.15. The molecule has 1 aliphatic rings. The van der Waals surface area contributed by atoms with Gasteiger partial charge in [0.05, 0.1) is 19.3 Å². The molecule has 0 bridgehead atoms. The van der Waals surface area contributed by atoms with Crippen molar-refractivity contribution in [2.45, 2.75) is 18.6 Å². The fourth-order valence-electron chi connectivity index (χ4n) is 1.79. The Morgan fingerprint density at radius 3 is 2.82 bits per heavy atom. The zero-order valence-electron chi connectivity index (χ0n) is 9.76. The van der Waals surface area contributed by atoms with Crippen molar-refractivity contribution < 1.29 is 24.5 Å². The lowest BCUT2D eigenvalue weighted by Crippen LogP contribution is -2.45. The Hall–Kier alpha value is -1.18. The smallest absolute Gasteiger partial charge is 0.326 e. The van der Waals surface area contributed by atoms with E-state index in [0.717, 1.165) is 0 Å².